The van der Waals surface area contributed by atoms with Gasteiger partial charge in [0.2, 0.25) is 5.95 Å². The van der Waals surface area contributed by atoms with Crippen molar-refractivity contribution in [2.24, 2.45) is 0 Å². The summed E-state index contributed by atoms with van der Waals surface area (Å²) in [5.74, 6) is -1.18. The van der Waals surface area contributed by atoms with Gasteiger partial charge in [0.25, 0.3) is 0 Å². The number of hydrogen-bond donors (Lipinski definition) is 6. The molecule has 0 saturated carbocycles. The van der Waals surface area contributed by atoms with Crippen LogP contribution in [0, 0.1) is 0 Å². The fraction of sp³-hybridized carbons (Fsp3) is 0.706. The van der Waals surface area contributed by atoms with Crippen LogP contribution >= 0.6 is 7.60 Å². The molecule has 31 heavy (non-hydrogen) atoms. The fourth-order valence-corrected chi connectivity index (χ4v) is 4.47. The van der Waals surface area contributed by atoms with Crippen LogP contribution in [0.5, 0.6) is 0 Å². The lowest BCUT2D eigenvalue weighted by molar-refractivity contribution is -0.0665. The molecule has 1 aliphatic heterocycles. The quantitative estimate of drug-likeness (QED) is 0.292. The van der Waals surface area contributed by atoms with Crippen molar-refractivity contribution in [3.8, 4) is 0 Å². The molecule has 0 radical (unpaired) electrons. The molecule has 3 heterocycles. The van der Waals surface area contributed by atoms with E-state index in [0.717, 1.165) is 6.92 Å². The number of nitrogens with zero attached hydrogens (tertiary/aromatic N) is 4. The summed E-state index contributed by atoms with van der Waals surface area (Å²) < 4.78 is 24.9. The van der Waals surface area contributed by atoms with Crippen molar-refractivity contribution < 1.29 is 34.0 Å². The van der Waals surface area contributed by atoms with Crippen molar-refractivity contribution in [2.45, 2.75) is 69.6 Å². The van der Waals surface area contributed by atoms with Crippen molar-refractivity contribution in [3.05, 3.63) is 6.33 Å². The second-order valence-corrected chi connectivity index (χ2v) is 9.90. The van der Waals surface area contributed by atoms with Crippen molar-refractivity contribution >= 4 is 30.5 Å². The zero-order chi connectivity index (χ0) is 23.1. The Morgan fingerprint density at radius 1 is 1.42 bits per heavy atom. The highest BCUT2D eigenvalue weighted by atomic mass is 31.2. The highest BCUT2D eigenvalue weighted by Gasteiger charge is 2.48. The van der Waals surface area contributed by atoms with Crippen LogP contribution < -0.4 is 11.1 Å². The van der Waals surface area contributed by atoms with E-state index in [-0.39, 0.29) is 12.4 Å². The highest BCUT2D eigenvalue weighted by Crippen LogP contribution is 2.52. The van der Waals surface area contributed by atoms with E-state index in [4.69, 9.17) is 15.0 Å². The molecule has 1 fully saturated rings. The molecule has 2 aromatic heterocycles. The van der Waals surface area contributed by atoms with E-state index in [1.54, 1.807) is 20.9 Å². The van der Waals surface area contributed by atoms with Crippen LogP contribution in [-0.4, -0.2) is 76.5 Å². The van der Waals surface area contributed by atoms with E-state index in [1.807, 2.05) is 0 Å². The van der Waals surface area contributed by atoms with Crippen LogP contribution in [0.3, 0.4) is 0 Å². The number of nitrogen functional groups attached to an aromatic ring is 1. The Hall–Kier alpha value is -1.86. The number of anilines is 2. The van der Waals surface area contributed by atoms with Crippen LogP contribution in [0.15, 0.2) is 6.33 Å². The van der Waals surface area contributed by atoms with Gasteiger partial charge in [0.15, 0.2) is 29.1 Å². The summed E-state index contributed by atoms with van der Waals surface area (Å²) in [5.41, 5.74) is 5.26. The van der Waals surface area contributed by atoms with Gasteiger partial charge in [-0.25, -0.2) is 4.98 Å². The zero-order valence-corrected chi connectivity index (χ0v) is 18.6. The number of ether oxygens (including phenoxy) is 1. The molecule has 174 valence electrons. The summed E-state index contributed by atoms with van der Waals surface area (Å²) in [6.45, 7) is 4.47. The topological polar surface area (TPSA) is 198 Å². The maximum atomic E-state index is 12.2. The molecule has 2 unspecified atom stereocenters. The van der Waals surface area contributed by atoms with Crippen molar-refractivity contribution in [3.63, 3.8) is 0 Å². The first-order valence-electron chi connectivity index (χ1n) is 9.83. The lowest BCUT2D eigenvalue weighted by atomic mass is 9.93. The Balaban J connectivity index is 1.87. The first-order valence-corrected chi connectivity index (χ1v) is 11.5. The van der Waals surface area contributed by atoms with Crippen LogP contribution in [0.1, 0.15) is 39.8 Å². The van der Waals surface area contributed by atoms with E-state index in [0.29, 0.717) is 23.4 Å². The van der Waals surface area contributed by atoms with Gasteiger partial charge < -0.3 is 40.5 Å². The lowest BCUT2D eigenvalue weighted by Crippen LogP contribution is -2.38. The van der Waals surface area contributed by atoms with Crippen LogP contribution in [0.25, 0.3) is 11.2 Å². The van der Waals surface area contributed by atoms with Gasteiger partial charge in [-0.3, -0.25) is 9.13 Å². The third-order valence-electron chi connectivity index (χ3n) is 5.49. The molecule has 7 atom stereocenters. The van der Waals surface area contributed by atoms with Gasteiger partial charge in [-0.15, -0.1) is 0 Å². The van der Waals surface area contributed by atoms with Crippen molar-refractivity contribution in [1.82, 2.24) is 19.5 Å². The van der Waals surface area contributed by atoms with Gasteiger partial charge in [-0.05, 0) is 20.3 Å². The number of fused-ring (bicyclic) bond motifs is 1. The first-order chi connectivity index (χ1) is 14.4. The monoisotopic (exact) mass is 460 g/mol. The molecule has 14 heteroatoms. The second kappa shape index (κ2) is 8.58. The van der Waals surface area contributed by atoms with Crippen LogP contribution in [-0.2, 0) is 13.8 Å². The summed E-state index contributed by atoms with van der Waals surface area (Å²) in [7, 11) is -2.65. The summed E-state index contributed by atoms with van der Waals surface area (Å²) in [6, 6.07) is 0. The van der Waals surface area contributed by atoms with E-state index in [1.165, 1.54) is 10.9 Å². The van der Waals surface area contributed by atoms with Gasteiger partial charge in [0.1, 0.15) is 12.2 Å². The molecule has 3 rings (SSSR count). The normalized spacial score (nSPS) is 28.9. The fourth-order valence-electron chi connectivity index (χ4n) is 3.49. The molecule has 0 aliphatic carbocycles. The van der Waals surface area contributed by atoms with Gasteiger partial charge in [-0.1, -0.05) is 6.92 Å². The van der Waals surface area contributed by atoms with Crippen LogP contribution in [0.2, 0.25) is 0 Å². The molecule has 0 spiro atoms. The van der Waals surface area contributed by atoms with Crippen LogP contribution in [0.4, 0.5) is 11.8 Å². The Kier molecular flexibility index (Phi) is 6.59. The molecular weight excluding hydrogens is 431 g/mol. The van der Waals surface area contributed by atoms with E-state index in [9.17, 15) is 24.8 Å². The largest absolute Gasteiger partial charge is 0.388 e. The third kappa shape index (κ3) is 4.53. The third-order valence-corrected chi connectivity index (χ3v) is 7.14. The van der Waals surface area contributed by atoms with Gasteiger partial charge in [-0.2, -0.15) is 9.97 Å². The number of rotatable bonds is 8. The van der Waals surface area contributed by atoms with Gasteiger partial charge >= 0.3 is 7.60 Å². The number of aliphatic hydroxyl groups excluding tert-OH is 3. The molecule has 13 nitrogen and oxygen atoms in total. The smallest absolute Gasteiger partial charge is 0.356 e. The van der Waals surface area contributed by atoms with Gasteiger partial charge in [0, 0.05) is 13.5 Å². The maximum absolute atomic E-state index is 12.2. The zero-order valence-electron chi connectivity index (χ0n) is 17.7. The summed E-state index contributed by atoms with van der Waals surface area (Å²) >= 11 is 0. The average molecular weight is 460 g/mol. The molecular formula is C17H29N6O7P. The molecule has 7 N–H and O–H groups in total. The minimum Gasteiger partial charge on any atom is -0.388 e. The molecule has 0 amide bonds. The lowest BCUT2D eigenvalue weighted by Gasteiger charge is -2.34. The minimum atomic E-state index is -4.30. The Morgan fingerprint density at radius 3 is 2.68 bits per heavy atom. The summed E-state index contributed by atoms with van der Waals surface area (Å²) in [5, 5.41) is 33.6. The molecule has 1 saturated heterocycles. The van der Waals surface area contributed by atoms with E-state index in [2.05, 4.69) is 20.3 Å². The predicted octanol–water partition coefficient (Wildman–Crippen LogP) is 0.168. The Bertz CT molecular complexity index is 987. The number of imidazole rings is 1. The number of nitrogens with two attached hydrogens (primary N) is 1. The average Bonchev–Trinajstić information content (AvgIpc) is 3.22. The predicted molar refractivity (Wildman–Crippen MR) is 111 cm³/mol. The van der Waals surface area contributed by atoms with Crippen molar-refractivity contribution in [1.29, 1.82) is 0 Å². The second-order valence-electron chi connectivity index (χ2n) is 7.85. The highest BCUT2D eigenvalue weighted by molar-refractivity contribution is 7.53. The van der Waals surface area contributed by atoms with Gasteiger partial charge in [0.05, 0.1) is 18.0 Å². The molecule has 0 aromatic carbocycles. The number of aliphatic hydroxyl groups is 3. The first kappa shape index (κ1) is 23.8. The Morgan fingerprint density at radius 2 is 2.10 bits per heavy atom. The number of nitrogens with one attached hydrogen (secondary N) is 1. The summed E-state index contributed by atoms with van der Waals surface area (Å²) in [4.78, 5) is 22.4. The molecule has 1 aliphatic rings. The van der Waals surface area contributed by atoms with Crippen molar-refractivity contribution in [2.75, 3.05) is 18.1 Å². The molecule has 2 aromatic rings. The maximum Gasteiger partial charge on any atom is 0.356 e. The van der Waals surface area contributed by atoms with E-state index < -0.39 is 43.6 Å². The standard InChI is InChI=1S/C17H29N6O7P/c1-5-17(3,30-31(27,28)8(2)24)6-9-11(25)12(26)15(29-9)23-7-20-10-13(19-4)21-16(18)22-14(10)23/h7-9,11-12,15,24-26H,5-6H2,1-4H3,(H,27,28)(H3,18,19,21,22)/t8-,9+,11+,12+,15+,17?/m0/s1. The Labute approximate surface area is 178 Å². The number of aromatic nitrogens is 4. The number of hydrogen-bond acceptors (Lipinski definition) is 11. The van der Waals surface area contributed by atoms with E-state index >= 15 is 0 Å². The minimum absolute atomic E-state index is 0.00744. The molecule has 0 bridgehead atoms. The SMILES string of the molecule is CCC(C)(C[C@H]1O[C@@H](n2cnc3c(NC)nc(N)nc32)[C@H](O)[C@@H]1O)OP(=O)(O)[C@@H](C)O. The summed E-state index contributed by atoms with van der Waals surface area (Å²) in [6.07, 6.45) is -2.95.